The molecule has 1 N–H and O–H groups in total. The molecular weight excluding hydrogens is 260 g/mol. The van der Waals surface area contributed by atoms with E-state index in [1.807, 2.05) is 0 Å². The predicted molar refractivity (Wildman–Crippen MR) is 86.2 cm³/mol. The Bertz CT molecular complexity index is 430. The van der Waals surface area contributed by atoms with E-state index in [9.17, 15) is 5.11 Å². The van der Waals surface area contributed by atoms with Crippen molar-refractivity contribution in [1.29, 1.82) is 0 Å². The molecule has 0 bridgehead atoms. The SMILES string of the molecule is CN1CCN(CC(O)C2CCCC2)C(c2ccccc2)C1. The van der Waals surface area contributed by atoms with E-state index in [4.69, 9.17) is 0 Å². The molecule has 1 heterocycles. The van der Waals surface area contributed by atoms with E-state index in [1.165, 1.54) is 31.2 Å². The lowest BCUT2D eigenvalue weighted by atomic mass is 9.97. The molecule has 0 spiro atoms. The van der Waals surface area contributed by atoms with Gasteiger partial charge in [-0.1, -0.05) is 43.2 Å². The fraction of sp³-hybridized carbons (Fsp3) is 0.667. The number of hydrogen-bond acceptors (Lipinski definition) is 3. The molecular formula is C18H28N2O. The number of nitrogens with zero attached hydrogens (tertiary/aromatic N) is 2. The summed E-state index contributed by atoms with van der Waals surface area (Å²) in [4.78, 5) is 4.90. The third-order valence-corrected chi connectivity index (χ3v) is 5.24. The summed E-state index contributed by atoms with van der Waals surface area (Å²) in [7, 11) is 2.20. The summed E-state index contributed by atoms with van der Waals surface area (Å²) in [5, 5.41) is 10.6. The highest BCUT2D eigenvalue weighted by atomic mass is 16.3. The Hall–Kier alpha value is -0.900. The van der Waals surface area contributed by atoms with Gasteiger partial charge in [0.05, 0.1) is 6.10 Å². The summed E-state index contributed by atoms with van der Waals surface area (Å²) in [6.45, 7) is 4.04. The first-order valence-electron chi connectivity index (χ1n) is 8.39. The van der Waals surface area contributed by atoms with E-state index in [1.54, 1.807) is 0 Å². The van der Waals surface area contributed by atoms with Crippen LogP contribution in [0, 0.1) is 5.92 Å². The number of β-amino-alcohol motifs (C(OH)–C–C–N with tert-alkyl or cyclic N) is 1. The lowest BCUT2D eigenvalue weighted by Gasteiger charge is -2.41. The Morgan fingerprint density at radius 3 is 2.57 bits per heavy atom. The second-order valence-electron chi connectivity index (χ2n) is 6.80. The topological polar surface area (TPSA) is 26.7 Å². The van der Waals surface area contributed by atoms with E-state index < -0.39 is 0 Å². The van der Waals surface area contributed by atoms with Crippen LogP contribution in [0.5, 0.6) is 0 Å². The quantitative estimate of drug-likeness (QED) is 0.922. The average Bonchev–Trinajstić information content (AvgIpc) is 3.04. The van der Waals surface area contributed by atoms with E-state index in [2.05, 4.69) is 47.2 Å². The standard InChI is InChI=1S/C18H28N2O/c1-19-11-12-20(14-18(21)16-9-5-6-10-16)17(13-19)15-7-3-2-4-8-15/h2-4,7-8,16-18,21H,5-6,9-14H2,1H3. The molecule has 0 radical (unpaired) electrons. The Balaban J connectivity index is 1.69. The van der Waals surface area contributed by atoms with Crippen LogP contribution in [0.1, 0.15) is 37.3 Å². The van der Waals surface area contributed by atoms with Crippen LogP contribution in [0.25, 0.3) is 0 Å². The molecule has 1 saturated carbocycles. The first-order chi connectivity index (χ1) is 10.2. The fourth-order valence-corrected chi connectivity index (χ4v) is 3.90. The molecule has 21 heavy (non-hydrogen) atoms. The molecule has 3 heteroatoms. The summed E-state index contributed by atoms with van der Waals surface area (Å²) < 4.78 is 0. The molecule has 3 rings (SSSR count). The van der Waals surface area contributed by atoms with Gasteiger partial charge in [-0.25, -0.2) is 0 Å². The molecule has 2 fully saturated rings. The zero-order valence-electron chi connectivity index (χ0n) is 13.1. The normalized spacial score (nSPS) is 27.0. The summed E-state index contributed by atoms with van der Waals surface area (Å²) in [6, 6.07) is 11.2. The number of piperazine rings is 1. The molecule has 2 aliphatic rings. The summed E-state index contributed by atoms with van der Waals surface area (Å²) in [6.07, 6.45) is 4.87. The van der Waals surface area contributed by atoms with Crippen molar-refractivity contribution in [2.24, 2.45) is 5.92 Å². The Morgan fingerprint density at radius 1 is 1.14 bits per heavy atom. The van der Waals surface area contributed by atoms with E-state index >= 15 is 0 Å². The molecule has 1 aliphatic heterocycles. The maximum atomic E-state index is 10.6. The van der Waals surface area contributed by atoms with Crippen molar-refractivity contribution < 1.29 is 5.11 Å². The number of hydrogen-bond donors (Lipinski definition) is 1. The summed E-state index contributed by atoms with van der Waals surface area (Å²) in [5.74, 6) is 0.529. The smallest absolute Gasteiger partial charge is 0.0695 e. The van der Waals surface area contributed by atoms with Gasteiger partial charge in [-0.15, -0.1) is 0 Å². The fourth-order valence-electron chi connectivity index (χ4n) is 3.90. The predicted octanol–water partition coefficient (Wildman–Crippen LogP) is 2.53. The van der Waals surface area contributed by atoms with Gasteiger partial charge in [-0.2, -0.15) is 0 Å². The molecule has 1 aromatic carbocycles. The second kappa shape index (κ2) is 6.91. The molecule has 0 aromatic heterocycles. The number of benzene rings is 1. The summed E-state index contributed by atoms with van der Waals surface area (Å²) in [5.41, 5.74) is 1.38. The van der Waals surface area contributed by atoms with Crippen LogP contribution >= 0.6 is 0 Å². The van der Waals surface area contributed by atoms with Crippen LogP contribution in [0.2, 0.25) is 0 Å². The zero-order valence-corrected chi connectivity index (χ0v) is 13.1. The van der Waals surface area contributed by atoms with Crippen LogP contribution in [-0.4, -0.2) is 54.2 Å². The minimum atomic E-state index is -0.151. The van der Waals surface area contributed by atoms with Gasteiger partial charge in [0.1, 0.15) is 0 Å². The van der Waals surface area contributed by atoms with Gasteiger partial charge in [-0.3, -0.25) is 4.90 Å². The molecule has 116 valence electrons. The number of aliphatic hydroxyl groups excluding tert-OH is 1. The Morgan fingerprint density at radius 2 is 1.86 bits per heavy atom. The highest BCUT2D eigenvalue weighted by Crippen LogP contribution is 2.30. The number of aliphatic hydroxyl groups is 1. The lowest BCUT2D eigenvalue weighted by Crippen LogP contribution is -2.49. The van der Waals surface area contributed by atoms with Crippen molar-refractivity contribution in [1.82, 2.24) is 9.80 Å². The van der Waals surface area contributed by atoms with Crippen molar-refractivity contribution in [2.45, 2.75) is 37.8 Å². The molecule has 3 nitrogen and oxygen atoms in total. The van der Waals surface area contributed by atoms with Crippen molar-refractivity contribution in [3.8, 4) is 0 Å². The van der Waals surface area contributed by atoms with Gasteiger partial charge in [0.25, 0.3) is 0 Å². The van der Waals surface area contributed by atoms with Gasteiger partial charge < -0.3 is 10.0 Å². The van der Waals surface area contributed by atoms with Crippen LogP contribution in [-0.2, 0) is 0 Å². The van der Waals surface area contributed by atoms with Crippen LogP contribution < -0.4 is 0 Å². The molecule has 1 saturated heterocycles. The first kappa shape index (κ1) is 15.0. The van der Waals surface area contributed by atoms with Crippen LogP contribution in [0.3, 0.4) is 0 Å². The zero-order chi connectivity index (χ0) is 14.7. The van der Waals surface area contributed by atoms with Crippen molar-refractivity contribution in [3.63, 3.8) is 0 Å². The van der Waals surface area contributed by atoms with Crippen molar-refractivity contribution >= 4 is 0 Å². The lowest BCUT2D eigenvalue weighted by molar-refractivity contribution is 0.0175. The van der Waals surface area contributed by atoms with E-state index in [0.717, 1.165) is 26.2 Å². The largest absolute Gasteiger partial charge is 0.392 e. The average molecular weight is 288 g/mol. The summed E-state index contributed by atoms with van der Waals surface area (Å²) >= 11 is 0. The molecule has 0 amide bonds. The Kier molecular flexibility index (Phi) is 4.94. The van der Waals surface area contributed by atoms with Gasteiger partial charge in [-0.05, 0) is 31.4 Å². The third-order valence-electron chi connectivity index (χ3n) is 5.24. The second-order valence-corrected chi connectivity index (χ2v) is 6.80. The van der Waals surface area contributed by atoms with Gasteiger partial charge in [0.15, 0.2) is 0 Å². The maximum absolute atomic E-state index is 10.6. The maximum Gasteiger partial charge on any atom is 0.0695 e. The molecule has 2 unspecified atom stereocenters. The van der Waals surface area contributed by atoms with Crippen molar-refractivity contribution in [3.05, 3.63) is 35.9 Å². The first-order valence-corrected chi connectivity index (χ1v) is 8.39. The van der Waals surface area contributed by atoms with Gasteiger partial charge in [0.2, 0.25) is 0 Å². The molecule has 2 atom stereocenters. The monoisotopic (exact) mass is 288 g/mol. The highest BCUT2D eigenvalue weighted by Gasteiger charge is 2.31. The van der Waals surface area contributed by atoms with Crippen molar-refractivity contribution in [2.75, 3.05) is 33.2 Å². The number of rotatable bonds is 4. The van der Waals surface area contributed by atoms with Crippen LogP contribution in [0.4, 0.5) is 0 Å². The minimum Gasteiger partial charge on any atom is -0.392 e. The highest BCUT2D eigenvalue weighted by molar-refractivity contribution is 5.20. The van der Waals surface area contributed by atoms with Gasteiger partial charge >= 0.3 is 0 Å². The Labute approximate surface area is 128 Å². The minimum absolute atomic E-state index is 0.151. The third kappa shape index (κ3) is 3.65. The van der Waals surface area contributed by atoms with E-state index in [0.29, 0.717) is 12.0 Å². The molecule has 1 aromatic rings. The molecule has 1 aliphatic carbocycles. The van der Waals surface area contributed by atoms with Crippen LogP contribution in [0.15, 0.2) is 30.3 Å². The van der Waals surface area contributed by atoms with E-state index in [-0.39, 0.29) is 6.10 Å². The van der Waals surface area contributed by atoms with Gasteiger partial charge in [0, 0.05) is 32.2 Å². The number of likely N-dealkylation sites (N-methyl/N-ethyl adjacent to an activating group) is 1.